The van der Waals surface area contributed by atoms with E-state index in [2.05, 4.69) is 26.2 Å². The number of aryl methyl sites for hydroxylation is 1. The Labute approximate surface area is 185 Å². The third-order valence-electron chi connectivity index (χ3n) is 5.28. The van der Waals surface area contributed by atoms with Crippen molar-refractivity contribution >= 4 is 24.8 Å². The van der Waals surface area contributed by atoms with Crippen LogP contribution in [0.2, 0.25) is 25.7 Å². The molecule has 0 amide bonds. The number of hydrogen-bond acceptors (Lipinski definition) is 3. The summed E-state index contributed by atoms with van der Waals surface area (Å²) in [5, 5.41) is -0.189. The molecule has 0 aromatic heterocycles. The molecule has 0 N–H and O–H groups in total. The maximum Gasteiger partial charge on any atom is 0.309 e. The Morgan fingerprint density at radius 1 is 1.10 bits per heavy atom. The third kappa shape index (κ3) is 6.51. The standard InChI is InChI=1S/C25H34O3SSi/c1-7-11-22(25(26)28-3)24(20-12-9-8-10-13-20)23(18-30(4,5)6)29(27)21-16-14-19(2)15-17-21/h7-10,12-17,22-24H,1,11,18H2,2-6H3/t22-,23-,24-,29?/m0/s1. The summed E-state index contributed by atoms with van der Waals surface area (Å²) in [5.74, 6) is -0.915. The van der Waals surface area contributed by atoms with Gasteiger partial charge in [-0.05, 0) is 37.1 Å². The number of ether oxygens (including phenoxy) is 1. The largest absolute Gasteiger partial charge is 0.469 e. The fourth-order valence-corrected chi connectivity index (χ4v) is 8.82. The number of methoxy groups -OCH3 is 1. The second-order valence-electron chi connectivity index (χ2n) is 9.00. The zero-order chi connectivity index (χ0) is 22.3. The molecule has 5 heteroatoms. The number of hydrogen-bond donors (Lipinski definition) is 0. The van der Waals surface area contributed by atoms with Crippen LogP contribution in [0.15, 0.2) is 72.1 Å². The quantitative estimate of drug-likeness (QED) is 0.259. The molecule has 1 unspecified atom stereocenters. The van der Waals surface area contributed by atoms with Crippen LogP contribution in [0.5, 0.6) is 0 Å². The maximum atomic E-state index is 13.9. The van der Waals surface area contributed by atoms with Crippen LogP contribution in [0.25, 0.3) is 0 Å². The lowest BCUT2D eigenvalue weighted by atomic mass is 9.81. The van der Waals surface area contributed by atoms with Gasteiger partial charge in [0.2, 0.25) is 0 Å². The van der Waals surface area contributed by atoms with Crippen LogP contribution in [0.3, 0.4) is 0 Å². The van der Waals surface area contributed by atoms with Gasteiger partial charge < -0.3 is 4.74 Å². The molecule has 0 radical (unpaired) electrons. The summed E-state index contributed by atoms with van der Waals surface area (Å²) in [7, 11) is -1.44. The third-order valence-corrected chi connectivity index (χ3v) is 8.99. The Hall–Kier alpha value is -1.98. The molecule has 0 fully saturated rings. The Bertz CT molecular complexity index is 856. The molecule has 0 heterocycles. The van der Waals surface area contributed by atoms with Gasteiger partial charge in [-0.2, -0.15) is 0 Å². The summed E-state index contributed by atoms with van der Waals surface area (Å²) in [6, 6.07) is 18.7. The molecular weight excluding hydrogens is 408 g/mol. The minimum absolute atomic E-state index is 0.189. The number of carbonyl (C=O) groups is 1. The lowest BCUT2D eigenvalue weighted by Gasteiger charge is -2.35. The summed E-state index contributed by atoms with van der Waals surface area (Å²) in [5.41, 5.74) is 2.16. The summed E-state index contributed by atoms with van der Waals surface area (Å²) in [4.78, 5) is 13.6. The number of allylic oxidation sites excluding steroid dienone is 1. The van der Waals surface area contributed by atoms with Crippen molar-refractivity contribution in [3.8, 4) is 0 Å². The van der Waals surface area contributed by atoms with Gasteiger partial charge in [-0.3, -0.25) is 9.00 Å². The van der Waals surface area contributed by atoms with Crippen molar-refractivity contribution in [1.82, 2.24) is 0 Å². The molecule has 2 aromatic carbocycles. The summed E-state index contributed by atoms with van der Waals surface area (Å²) >= 11 is 0. The molecule has 0 bridgehead atoms. The molecule has 0 aliphatic heterocycles. The van der Waals surface area contributed by atoms with Gasteiger partial charge in [0.05, 0.1) is 23.8 Å². The minimum Gasteiger partial charge on any atom is -0.469 e. The predicted octanol–water partition coefficient (Wildman–Crippen LogP) is 5.96. The van der Waals surface area contributed by atoms with Gasteiger partial charge in [0, 0.05) is 24.1 Å². The Morgan fingerprint density at radius 3 is 2.20 bits per heavy atom. The van der Waals surface area contributed by atoms with Gasteiger partial charge in [-0.15, -0.1) is 6.58 Å². The second kappa shape index (κ2) is 10.9. The monoisotopic (exact) mass is 442 g/mol. The summed E-state index contributed by atoms with van der Waals surface area (Å²) in [6.45, 7) is 12.7. The fourth-order valence-electron chi connectivity index (χ4n) is 3.89. The highest BCUT2D eigenvalue weighted by Gasteiger charge is 2.40. The van der Waals surface area contributed by atoms with Crippen LogP contribution in [0, 0.1) is 12.8 Å². The second-order valence-corrected chi connectivity index (χ2v) is 16.2. The van der Waals surface area contributed by atoms with Crippen molar-refractivity contribution in [2.24, 2.45) is 5.92 Å². The highest BCUT2D eigenvalue weighted by Crippen LogP contribution is 2.39. The average molecular weight is 443 g/mol. The van der Waals surface area contributed by atoms with Crippen LogP contribution >= 0.6 is 0 Å². The first-order valence-corrected chi connectivity index (χ1v) is 15.3. The van der Waals surface area contributed by atoms with E-state index in [1.807, 2.05) is 61.5 Å². The van der Waals surface area contributed by atoms with Gasteiger partial charge in [-0.1, -0.05) is 73.7 Å². The molecule has 2 aromatic rings. The number of benzene rings is 2. The SMILES string of the molecule is C=CC[C@H](C(=O)OC)[C@H](c1ccccc1)[C@H](C[Si](C)(C)C)S(=O)c1ccc(C)cc1. The summed E-state index contributed by atoms with van der Waals surface area (Å²) in [6.07, 6.45) is 2.25. The van der Waals surface area contributed by atoms with Gasteiger partial charge >= 0.3 is 5.97 Å². The van der Waals surface area contributed by atoms with Crippen molar-refractivity contribution in [3.63, 3.8) is 0 Å². The zero-order valence-electron chi connectivity index (χ0n) is 18.8. The van der Waals surface area contributed by atoms with Crippen molar-refractivity contribution in [2.75, 3.05) is 7.11 Å². The first kappa shape index (κ1) is 24.3. The van der Waals surface area contributed by atoms with Gasteiger partial charge in [0.15, 0.2) is 0 Å². The first-order valence-electron chi connectivity index (χ1n) is 10.4. The van der Waals surface area contributed by atoms with Gasteiger partial charge in [0.1, 0.15) is 0 Å². The Balaban J connectivity index is 2.64. The number of esters is 1. The van der Waals surface area contributed by atoms with Gasteiger partial charge in [-0.25, -0.2) is 0 Å². The molecule has 0 saturated heterocycles. The first-order chi connectivity index (χ1) is 14.2. The van der Waals surface area contributed by atoms with Crippen molar-refractivity contribution in [2.45, 2.75) is 55.1 Å². The van der Waals surface area contributed by atoms with Crippen LogP contribution < -0.4 is 0 Å². The van der Waals surface area contributed by atoms with Crippen LogP contribution in [0.4, 0.5) is 0 Å². The highest BCUT2D eigenvalue weighted by atomic mass is 32.2. The molecule has 0 aliphatic carbocycles. The van der Waals surface area contributed by atoms with E-state index in [4.69, 9.17) is 4.74 Å². The minimum atomic E-state index is -1.61. The van der Waals surface area contributed by atoms with Crippen molar-refractivity contribution in [1.29, 1.82) is 0 Å². The summed E-state index contributed by atoms with van der Waals surface area (Å²) < 4.78 is 19.1. The van der Waals surface area contributed by atoms with E-state index in [0.717, 1.165) is 22.1 Å². The lowest BCUT2D eigenvalue weighted by molar-refractivity contribution is -0.146. The molecule has 30 heavy (non-hydrogen) atoms. The average Bonchev–Trinajstić information content (AvgIpc) is 2.72. The van der Waals surface area contributed by atoms with E-state index >= 15 is 0 Å². The fraction of sp³-hybridized carbons (Fsp3) is 0.400. The molecule has 3 nitrogen and oxygen atoms in total. The number of carbonyl (C=O) groups excluding carboxylic acids is 1. The van der Waals surface area contributed by atoms with E-state index in [1.165, 1.54) is 7.11 Å². The molecule has 2 rings (SSSR count). The predicted molar refractivity (Wildman–Crippen MR) is 129 cm³/mol. The van der Waals surface area contributed by atoms with Gasteiger partial charge in [0.25, 0.3) is 0 Å². The van der Waals surface area contributed by atoms with E-state index in [9.17, 15) is 9.00 Å². The van der Waals surface area contributed by atoms with E-state index in [0.29, 0.717) is 6.42 Å². The smallest absolute Gasteiger partial charge is 0.309 e. The molecule has 0 spiro atoms. The van der Waals surface area contributed by atoms with E-state index in [-0.39, 0.29) is 17.1 Å². The maximum absolute atomic E-state index is 13.9. The highest BCUT2D eigenvalue weighted by molar-refractivity contribution is 7.85. The van der Waals surface area contributed by atoms with Crippen molar-refractivity contribution < 1.29 is 13.7 Å². The zero-order valence-corrected chi connectivity index (χ0v) is 20.6. The van der Waals surface area contributed by atoms with E-state index in [1.54, 1.807) is 6.08 Å². The molecule has 0 aliphatic rings. The van der Waals surface area contributed by atoms with E-state index < -0.39 is 24.8 Å². The van der Waals surface area contributed by atoms with Crippen molar-refractivity contribution in [3.05, 3.63) is 78.4 Å². The van der Waals surface area contributed by atoms with Crippen LogP contribution in [-0.4, -0.2) is 30.6 Å². The lowest BCUT2D eigenvalue weighted by Crippen LogP contribution is -2.39. The van der Waals surface area contributed by atoms with Crippen LogP contribution in [-0.2, 0) is 20.3 Å². The topological polar surface area (TPSA) is 43.4 Å². The molecular formula is C25H34O3SSi. The molecule has 4 atom stereocenters. The van der Waals surface area contributed by atoms with Crippen LogP contribution in [0.1, 0.15) is 23.5 Å². The Morgan fingerprint density at radius 2 is 1.70 bits per heavy atom. The normalized spacial score (nSPS) is 15.6. The molecule has 162 valence electrons. The number of rotatable bonds is 10. The Kier molecular flexibility index (Phi) is 8.80. The molecule has 0 saturated carbocycles.